The van der Waals surface area contributed by atoms with E-state index in [1.807, 2.05) is 11.9 Å². The number of nitrogens with one attached hydrogen (secondary N) is 2. The molecule has 2 aromatic heterocycles. The van der Waals surface area contributed by atoms with E-state index < -0.39 is 29.7 Å². The maximum atomic E-state index is 14.8. The molecule has 11 heteroatoms. The molecule has 7 nitrogen and oxygen atoms in total. The fourth-order valence-electron chi connectivity index (χ4n) is 4.54. The number of nitrogens with zero attached hydrogens (tertiary/aromatic N) is 4. The average Bonchev–Trinajstić information content (AvgIpc) is 2.87. The Morgan fingerprint density at radius 3 is 2.64 bits per heavy atom. The third-order valence-electron chi connectivity index (χ3n) is 6.99. The number of piperidine rings is 1. The molecule has 3 aromatic rings. The molecule has 1 fully saturated rings. The molecule has 0 bridgehead atoms. The van der Waals surface area contributed by atoms with Crippen molar-refractivity contribution in [2.24, 2.45) is 0 Å². The molecule has 0 unspecified atom stereocenters. The van der Waals surface area contributed by atoms with E-state index in [2.05, 4.69) is 25.6 Å². The van der Waals surface area contributed by atoms with Gasteiger partial charge in [0.15, 0.2) is 0 Å². The second-order valence-corrected chi connectivity index (χ2v) is 10.4. The fraction of sp³-hybridized carbons (Fsp3) is 0.429. The van der Waals surface area contributed by atoms with Crippen LogP contribution in [0.3, 0.4) is 0 Å². The van der Waals surface area contributed by atoms with Gasteiger partial charge in [0, 0.05) is 41.8 Å². The maximum absolute atomic E-state index is 14.8. The zero-order chi connectivity index (χ0) is 28.4. The average molecular weight is 545 g/mol. The highest BCUT2D eigenvalue weighted by atomic mass is 19.4. The highest BCUT2D eigenvalue weighted by Gasteiger charge is 2.50. The number of likely N-dealkylation sites (tertiary alicyclic amines) is 1. The number of pyridine rings is 1. The lowest BCUT2D eigenvalue weighted by atomic mass is 9.84. The van der Waals surface area contributed by atoms with Crippen molar-refractivity contribution in [2.45, 2.75) is 51.0 Å². The Hall–Kier alpha value is -3.60. The molecular weight excluding hydrogens is 512 g/mol. The van der Waals surface area contributed by atoms with Gasteiger partial charge < -0.3 is 15.5 Å². The van der Waals surface area contributed by atoms with Gasteiger partial charge in [-0.25, -0.2) is 14.4 Å². The Morgan fingerprint density at radius 2 is 1.95 bits per heavy atom. The van der Waals surface area contributed by atoms with Crippen molar-refractivity contribution in [1.29, 1.82) is 0 Å². The van der Waals surface area contributed by atoms with Crippen molar-refractivity contribution >= 4 is 28.4 Å². The number of benzene rings is 1. The number of carbonyl (C=O) groups excluding carboxylic acids is 1. The first-order chi connectivity index (χ1) is 18.4. The van der Waals surface area contributed by atoms with Crippen molar-refractivity contribution < 1.29 is 22.4 Å². The number of hydrogen-bond acceptors (Lipinski definition) is 6. The lowest BCUT2D eigenvalue weighted by Crippen LogP contribution is -2.46. The third-order valence-corrected chi connectivity index (χ3v) is 6.99. The van der Waals surface area contributed by atoms with Gasteiger partial charge in [-0.05, 0) is 58.5 Å². The van der Waals surface area contributed by atoms with Crippen LogP contribution in [0.15, 0.2) is 42.7 Å². The van der Waals surface area contributed by atoms with E-state index in [0.29, 0.717) is 35.1 Å². The van der Waals surface area contributed by atoms with Gasteiger partial charge in [-0.15, -0.1) is 0 Å². The van der Waals surface area contributed by atoms with E-state index in [0.717, 1.165) is 13.8 Å². The number of alkyl halides is 4. The van der Waals surface area contributed by atoms with Crippen molar-refractivity contribution in [3.8, 4) is 0 Å². The Kier molecular flexibility index (Phi) is 8.20. The topological polar surface area (TPSA) is 83.0 Å². The number of hydrogen-bond donors (Lipinski definition) is 2. The van der Waals surface area contributed by atoms with Crippen LogP contribution < -0.4 is 10.6 Å². The summed E-state index contributed by atoms with van der Waals surface area (Å²) in [6, 6.07) is 7.78. The van der Waals surface area contributed by atoms with Crippen LogP contribution in [-0.2, 0) is 5.41 Å². The van der Waals surface area contributed by atoms with Gasteiger partial charge in [0.1, 0.15) is 23.6 Å². The molecule has 0 radical (unpaired) electrons. The van der Waals surface area contributed by atoms with Crippen molar-refractivity contribution in [1.82, 2.24) is 25.2 Å². The van der Waals surface area contributed by atoms with E-state index in [1.54, 1.807) is 49.4 Å². The SMILES string of the molecule is Cc1cc(C(=O)NC/C=C/c2cc3c(N[C@@H]4CCN(C)C[C@@H]4F)cccc3c(C(C)(C)C(F)(F)F)n2)ncn1. The van der Waals surface area contributed by atoms with Crippen LogP contribution in [0.25, 0.3) is 16.8 Å². The lowest BCUT2D eigenvalue weighted by Gasteiger charge is -2.34. The van der Waals surface area contributed by atoms with Gasteiger partial charge in [0.25, 0.3) is 5.91 Å². The first-order valence-corrected chi connectivity index (χ1v) is 12.7. The summed E-state index contributed by atoms with van der Waals surface area (Å²) >= 11 is 0. The van der Waals surface area contributed by atoms with Gasteiger partial charge in [-0.3, -0.25) is 9.78 Å². The summed E-state index contributed by atoms with van der Waals surface area (Å²) < 4.78 is 57.2. The molecule has 39 heavy (non-hydrogen) atoms. The van der Waals surface area contributed by atoms with E-state index in [1.165, 1.54) is 6.33 Å². The minimum Gasteiger partial charge on any atom is -0.379 e. The normalized spacial score (nSPS) is 19.0. The molecule has 0 saturated carbocycles. The number of aryl methyl sites for hydroxylation is 1. The predicted molar refractivity (Wildman–Crippen MR) is 143 cm³/mol. The molecule has 208 valence electrons. The van der Waals surface area contributed by atoms with Crippen LogP contribution in [0.2, 0.25) is 0 Å². The lowest BCUT2D eigenvalue weighted by molar-refractivity contribution is -0.180. The van der Waals surface area contributed by atoms with Crippen LogP contribution in [0.4, 0.5) is 23.2 Å². The number of rotatable bonds is 7. The number of carbonyl (C=O) groups is 1. The summed E-state index contributed by atoms with van der Waals surface area (Å²) in [5.41, 5.74) is -0.677. The maximum Gasteiger partial charge on any atom is 0.399 e. The van der Waals surface area contributed by atoms with Crippen LogP contribution in [0, 0.1) is 6.92 Å². The molecule has 0 aliphatic carbocycles. The zero-order valence-corrected chi connectivity index (χ0v) is 22.3. The quantitative estimate of drug-likeness (QED) is 0.404. The second-order valence-electron chi connectivity index (χ2n) is 10.4. The monoisotopic (exact) mass is 544 g/mol. The molecule has 1 amide bonds. The molecule has 3 heterocycles. The number of halogens is 4. The number of amides is 1. The zero-order valence-electron chi connectivity index (χ0n) is 22.3. The Morgan fingerprint density at radius 1 is 1.18 bits per heavy atom. The summed E-state index contributed by atoms with van der Waals surface area (Å²) in [5, 5.41) is 6.80. The van der Waals surface area contributed by atoms with Crippen LogP contribution in [-0.4, -0.2) is 70.8 Å². The summed E-state index contributed by atoms with van der Waals surface area (Å²) in [4.78, 5) is 26.5. The van der Waals surface area contributed by atoms with Crippen LogP contribution >= 0.6 is 0 Å². The van der Waals surface area contributed by atoms with Gasteiger partial charge in [0.05, 0.1) is 17.4 Å². The van der Waals surface area contributed by atoms with Gasteiger partial charge >= 0.3 is 6.18 Å². The molecule has 1 saturated heterocycles. The molecular formula is C28H32F4N6O. The molecule has 2 atom stereocenters. The van der Waals surface area contributed by atoms with E-state index in [4.69, 9.17) is 0 Å². The number of aromatic nitrogens is 3. The highest BCUT2D eigenvalue weighted by molar-refractivity contribution is 5.97. The summed E-state index contributed by atoms with van der Waals surface area (Å²) in [5.74, 6) is -0.402. The van der Waals surface area contributed by atoms with Gasteiger partial charge in [0.2, 0.25) is 0 Å². The van der Waals surface area contributed by atoms with Crippen molar-refractivity contribution in [3.05, 3.63) is 65.5 Å². The summed E-state index contributed by atoms with van der Waals surface area (Å²) in [7, 11) is 1.85. The Balaban J connectivity index is 1.66. The standard InChI is InChI=1S/C28H32F4N6O/c1-17-13-24(35-16-34-17)26(39)33-11-6-7-18-14-20-19(25(36-18)27(2,3)28(30,31)32)8-5-9-22(20)37-23-10-12-38(4)15-21(23)29/h5-9,13-14,16,21,23,37H,10-12,15H2,1-4H3,(H,33,39)/b7-6+/t21-,23+/m0/s1. The first-order valence-electron chi connectivity index (χ1n) is 12.7. The minimum atomic E-state index is -4.56. The molecule has 4 rings (SSSR count). The number of fused-ring (bicyclic) bond motifs is 1. The molecule has 1 aliphatic rings. The Labute approximate surface area is 224 Å². The number of anilines is 1. The molecule has 0 spiro atoms. The van der Waals surface area contributed by atoms with Crippen molar-refractivity contribution in [2.75, 3.05) is 32.0 Å². The fourth-order valence-corrected chi connectivity index (χ4v) is 4.54. The first kappa shape index (κ1) is 28.4. The van der Waals surface area contributed by atoms with Gasteiger partial charge in [-0.1, -0.05) is 18.2 Å². The molecule has 1 aliphatic heterocycles. The van der Waals surface area contributed by atoms with E-state index in [9.17, 15) is 22.4 Å². The highest BCUT2D eigenvalue weighted by Crippen LogP contribution is 2.43. The van der Waals surface area contributed by atoms with E-state index >= 15 is 0 Å². The van der Waals surface area contributed by atoms with Crippen molar-refractivity contribution in [3.63, 3.8) is 0 Å². The molecule has 1 aromatic carbocycles. The Bertz CT molecular complexity index is 1370. The van der Waals surface area contributed by atoms with E-state index in [-0.39, 0.29) is 30.2 Å². The minimum absolute atomic E-state index is 0.110. The second kappa shape index (κ2) is 11.3. The summed E-state index contributed by atoms with van der Waals surface area (Å²) in [6.07, 6.45) is -0.641. The smallest absolute Gasteiger partial charge is 0.379 e. The largest absolute Gasteiger partial charge is 0.399 e. The van der Waals surface area contributed by atoms with Crippen LogP contribution in [0.5, 0.6) is 0 Å². The van der Waals surface area contributed by atoms with Gasteiger partial charge in [-0.2, -0.15) is 13.2 Å². The third kappa shape index (κ3) is 6.35. The van der Waals surface area contributed by atoms with Crippen LogP contribution in [0.1, 0.15) is 47.8 Å². The molecule has 2 N–H and O–H groups in total. The summed E-state index contributed by atoms with van der Waals surface area (Å²) in [6.45, 7) is 5.05. The predicted octanol–water partition coefficient (Wildman–Crippen LogP) is 5.07.